The van der Waals surface area contributed by atoms with Gasteiger partial charge in [0, 0.05) is 38.3 Å². The van der Waals surface area contributed by atoms with E-state index >= 15 is 0 Å². The van der Waals surface area contributed by atoms with Crippen LogP contribution in [-0.2, 0) is 9.53 Å². The molecule has 19 heavy (non-hydrogen) atoms. The van der Waals surface area contributed by atoms with E-state index in [9.17, 15) is 4.79 Å². The number of methoxy groups -OCH3 is 1. The van der Waals surface area contributed by atoms with Gasteiger partial charge in [0.25, 0.3) is 0 Å². The molecule has 1 atom stereocenters. The fourth-order valence-electron chi connectivity index (χ4n) is 2.48. The van der Waals surface area contributed by atoms with Gasteiger partial charge in [0.15, 0.2) is 0 Å². The Balaban J connectivity index is 2.31. The topological polar surface area (TPSA) is 44.8 Å². The van der Waals surface area contributed by atoms with Gasteiger partial charge in [-0.05, 0) is 34.2 Å². The molecule has 1 unspecified atom stereocenters. The zero-order valence-corrected chi connectivity index (χ0v) is 13.0. The van der Waals surface area contributed by atoms with Gasteiger partial charge in [0.1, 0.15) is 6.04 Å². The first-order valence-electron chi connectivity index (χ1n) is 7.11. The lowest BCUT2D eigenvalue weighted by Crippen LogP contribution is -2.54. The van der Waals surface area contributed by atoms with Crippen LogP contribution in [0.15, 0.2) is 0 Å². The highest BCUT2D eigenvalue weighted by Gasteiger charge is 2.26. The molecule has 0 aromatic rings. The van der Waals surface area contributed by atoms with Crippen LogP contribution in [0, 0.1) is 0 Å². The molecular weight excluding hydrogens is 242 g/mol. The number of hydrogen-bond donors (Lipinski definition) is 1. The minimum atomic E-state index is -0.189. The molecule has 1 aliphatic rings. The first-order valence-corrected chi connectivity index (χ1v) is 7.11. The van der Waals surface area contributed by atoms with E-state index in [2.05, 4.69) is 35.9 Å². The Hall–Kier alpha value is -0.650. The van der Waals surface area contributed by atoms with Crippen molar-refractivity contribution in [2.45, 2.75) is 38.8 Å². The third kappa shape index (κ3) is 5.09. The first-order chi connectivity index (χ1) is 8.88. The van der Waals surface area contributed by atoms with Crippen LogP contribution in [0.2, 0.25) is 0 Å². The van der Waals surface area contributed by atoms with Gasteiger partial charge < -0.3 is 15.0 Å². The average molecular weight is 271 g/mol. The fourth-order valence-corrected chi connectivity index (χ4v) is 2.48. The van der Waals surface area contributed by atoms with Crippen molar-refractivity contribution < 1.29 is 9.53 Å². The lowest BCUT2D eigenvalue weighted by Gasteiger charge is -2.42. The number of carbonyl (C=O) groups is 1. The Kier molecular flexibility index (Phi) is 6.23. The Bertz CT molecular complexity index is 281. The molecule has 1 aliphatic heterocycles. The number of likely N-dealkylation sites (N-methyl/N-ethyl adjacent to an activating group) is 1. The van der Waals surface area contributed by atoms with Crippen LogP contribution in [0.3, 0.4) is 0 Å². The summed E-state index contributed by atoms with van der Waals surface area (Å²) in [6, 6.07) is -0.189. The fraction of sp³-hybridized carbons (Fsp3) is 0.929. The van der Waals surface area contributed by atoms with Gasteiger partial charge in [0.2, 0.25) is 0 Å². The summed E-state index contributed by atoms with van der Waals surface area (Å²) in [5.41, 5.74) is 0.256. The molecule has 0 aromatic heterocycles. The maximum atomic E-state index is 11.5. The third-order valence-electron chi connectivity index (χ3n) is 3.89. The number of nitrogens with zero attached hydrogens (tertiary/aromatic N) is 2. The third-order valence-corrected chi connectivity index (χ3v) is 3.89. The average Bonchev–Trinajstić information content (AvgIpc) is 2.38. The molecule has 5 heteroatoms. The SMILES string of the molecule is CNC(CCN1CCN(C(C)(C)C)CC1)C(=O)OC. The summed E-state index contributed by atoms with van der Waals surface area (Å²) in [4.78, 5) is 16.4. The molecule has 1 heterocycles. The van der Waals surface area contributed by atoms with E-state index in [-0.39, 0.29) is 17.6 Å². The number of ether oxygens (including phenoxy) is 1. The van der Waals surface area contributed by atoms with Crippen molar-refractivity contribution in [1.82, 2.24) is 15.1 Å². The molecule has 0 radical (unpaired) electrons. The predicted octanol–water partition coefficient (Wildman–Crippen LogP) is 0.554. The van der Waals surface area contributed by atoms with Crippen LogP contribution in [0.1, 0.15) is 27.2 Å². The van der Waals surface area contributed by atoms with Gasteiger partial charge in [-0.15, -0.1) is 0 Å². The van der Waals surface area contributed by atoms with Crippen molar-refractivity contribution in [2.24, 2.45) is 0 Å². The lowest BCUT2D eigenvalue weighted by molar-refractivity contribution is -0.143. The molecule has 0 saturated carbocycles. The van der Waals surface area contributed by atoms with Crippen LogP contribution in [-0.4, -0.2) is 74.2 Å². The van der Waals surface area contributed by atoms with E-state index < -0.39 is 0 Å². The van der Waals surface area contributed by atoms with E-state index in [0.29, 0.717) is 0 Å². The van der Waals surface area contributed by atoms with Crippen molar-refractivity contribution in [3.05, 3.63) is 0 Å². The summed E-state index contributed by atoms with van der Waals surface area (Å²) in [7, 11) is 3.24. The van der Waals surface area contributed by atoms with E-state index in [1.165, 1.54) is 7.11 Å². The molecule has 1 N–H and O–H groups in total. The minimum Gasteiger partial charge on any atom is -0.468 e. The maximum Gasteiger partial charge on any atom is 0.322 e. The Labute approximate surface area is 117 Å². The van der Waals surface area contributed by atoms with Gasteiger partial charge in [-0.3, -0.25) is 9.69 Å². The van der Waals surface area contributed by atoms with Crippen molar-refractivity contribution in [3.8, 4) is 0 Å². The van der Waals surface area contributed by atoms with Gasteiger partial charge >= 0.3 is 5.97 Å². The molecule has 0 bridgehead atoms. The molecule has 1 fully saturated rings. The van der Waals surface area contributed by atoms with Crippen molar-refractivity contribution >= 4 is 5.97 Å². The van der Waals surface area contributed by atoms with Crippen LogP contribution in [0.25, 0.3) is 0 Å². The highest BCUT2D eigenvalue weighted by atomic mass is 16.5. The number of piperazine rings is 1. The second kappa shape index (κ2) is 7.22. The van der Waals surface area contributed by atoms with Gasteiger partial charge in [-0.1, -0.05) is 0 Å². The summed E-state index contributed by atoms with van der Waals surface area (Å²) in [5, 5.41) is 3.01. The largest absolute Gasteiger partial charge is 0.468 e. The smallest absolute Gasteiger partial charge is 0.322 e. The van der Waals surface area contributed by atoms with E-state index in [1.54, 1.807) is 7.05 Å². The monoisotopic (exact) mass is 271 g/mol. The van der Waals surface area contributed by atoms with Gasteiger partial charge in [-0.25, -0.2) is 0 Å². The van der Waals surface area contributed by atoms with Crippen molar-refractivity contribution in [2.75, 3.05) is 46.9 Å². The van der Waals surface area contributed by atoms with Crippen molar-refractivity contribution in [1.29, 1.82) is 0 Å². The molecule has 112 valence electrons. The highest BCUT2D eigenvalue weighted by molar-refractivity contribution is 5.75. The molecule has 0 spiro atoms. The number of hydrogen-bond acceptors (Lipinski definition) is 5. The normalized spacial score (nSPS) is 20.3. The standard InChI is InChI=1S/C14H29N3O2/c1-14(2,3)17-10-8-16(9-11-17)7-6-12(15-4)13(18)19-5/h12,15H,6-11H2,1-5H3. The van der Waals surface area contributed by atoms with Crippen LogP contribution in [0.5, 0.6) is 0 Å². The van der Waals surface area contributed by atoms with Gasteiger partial charge in [-0.2, -0.15) is 0 Å². The summed E-state index contributed by atoms with van der Waals surface area (Å²) >= 11 is 0. The Morgan fingerprint density at radius 3 is 2.26 bits per heavy atom. The molecule has 1 rings (SSSR count). The van der Waals surface area contributed by atoms with E-state index in [0.717, 1.165) is 39.1 Å². The summed E-state index contributed by atoms with van der Waals surface area (Å²) in [6.45, 7) is 12.1. The van der Waals surface area contributed by atoms with Crippen LogP contribution >= 0.6 is 0 Å². The summed E-state index contributed by atoms with van der Waals surface area (Å²) in [5.74, 6) is -0.171. The lowest BCUT2D eigenvalue weighted by atomic mass is 10.0. The number of nitrogens with one attached hydrogen (secondary N) is 1. The molecule has 0 aromatic carbocycles. The van der Waals surface area contributed by atoms with Crippen molar-refractivity contribution in [3.63, 3.8) is 0 Å². The molecule has 0 amide bonds. The van der Waals surface area contributed by atoms with Gasteiger partial charge in [0.05, 0.1) is 7.11 Å². The second-order valence-electron chi connectivity index (χ2n) is 6.15. The summed E-state index contributed by atoms with van der Waals surface area (Å²) in [6.07, 6.45) is 0.804. The highest BCUT2D eigenvalue weighted by Crippen LogP contribution is 2.15. The molecule has 0 aliphatic carbocycles. The van der Waals surface area contributed by atoms with Crippen LogP contribution < -0.4 is 5.32 Å². The Morgan fingerprint density at radius 1 is 1.26 bits per heavy atom. The van der Waals surface area contributed by atoms with E-state index in [1.807, 2.05) is 0 Å². The zero-order chi connectivity index (χ0) is 14.5. The van der Waals surface area contributed by atoms with E-state index in [4.69, 9.17) is 4.74 Å². The minimum absolute atomic E-state index is 0.171. The zero-order valence-electron chi connectivity index (χ0n) is 13.0. The first kappa shape index (κ1) is 16.4. The molecule has 5 nitrogen and oxygen atoms in total. The quantitative estimate of drug-likeness (QED) is 0.740. The number of esters is 1. The molecular formula is C14H29N3O2. The summed E-state index contributed by atoms with van der Waals surface area (Å²) < 4.78 is 4.78. The number of carbonyl (C=O) groups excluding carboxylic acids is 1. The molecule has 1 saturated heterocycles. The van der Waals surface area contributed by atoms with Crippen LogP contribution in [0.4, 0.5) is 0 Å². The second-order valence-corrected chi connectivity index (χ2v) is 6.15. The predicted molar refractivity (Wildman–Crippen MR) is 77.2 cm³/mol. The number of rotatable bonds is 5. The Morgan fingerprint density at radius 2 is 1.84 bits per heavy atom. The maximum absolute atomic E-state index is 11.5.